The molecule has 1 N–H and O–H groups in total. The Morgan fingerprint density at radius 1 is 1.21 bits per heavy atom. The summed E-state index contributed by atoms with van der Waals surface area (Å²) in [5.41, 5.74) is 1.62. The van der Waals surface area contributed by atoms with E-state index in [9.17, 15) is 14.0 Å². The molecule has 0 saturated heterocycles. The molecule has 33 heavy (non-hydrogen) atoms. The van der Waals surface area contributed by atoms with Gasteiger partial charge in [-0.15, -0.1) is 5.10 Å². The van der Waals surface area contributed by atoms with Crippen molar-refractivity contribution in [2.75, 3.05) is 5.32 Å². The summed E-state index contributed by atoms with van der Waals surface area (Å²) in [4.78, 5) is 25.9. The smallest absolute Gasteiger partial charge is 0.297 e. The molecule has 0 aliphatic heterocycles. The number of aromatic nitrogens is 6. The number of carbonyl (C=O) groups is 1. The number of hydrogen-bond acceptors (Lipinski definition) is 6. The van der Waals surface area contributed by atoms with Crippen molar-refractivity contribution >= 4 is 35.0 Å². The van der Waals surface area contributed by atoms with Gasteiger partial charge in [-0.3, -0.25) is 14.3 Å². The minimum Gasteiger partial charge on any atom is -0.324 e. The van der Waals surface area contributed by atoms with E-state index in [1.165, 1.54) is 21.5 Å². The SMILES string of the molecule is Cc1c(-n2nnnc2SC(C)C(=O)Nc2ccc(F)cc2Cl)c(=O)n(-c2ccccc2)n1C. The fraction of sp³-hybridized carbons (Fsp3) is 0.190. The van der Waals surface area contributed by atoms with Gasteiger partial charge in [0.25, 0.3) is 5.56 Å². The maximum absolute atomic E-state index is 13.3. The molecule has 1 unspecified atom stereocenters. The van der Waals surface area contributed by atoms with Gasteiger partial charge in [0.2, 0.25) is 11.1 Å². The number of tetrazole rings is 1. The second kappa shape index (κ2) is 9.20. The number of benzene rings is 2. The molecule has 2 aromatic heterocycles. The van der Waals surface area contributed by atoms with Crippen LogP contribution in [0.2, 0.25) is 5.02 Å². The molecular weight excluding hydrogens is 469 g/mol. The largest absolute Gasteiger partial charge is 0.324 e. The molecule has 4 rings (SSSR count). The van der Waals surface area contributed by atoms with E-state index in [4.69, 9.17) is 11.6 Å². The van der Waals surface area contributed by atoms with Crippen molar-refractivity contribution < 1.29 is 9.18 Å². The average molecular weight is 488 g/mol. The summed E-state index contributed by atoms with van der Waals surface area (Å²) in [5.74, 6) is -0.881. The summed E-state index contributed by atoms with van der Waals surface area (Å²) >= 11 is 7.07. The second-order valence-corrected chi connectivity index (χ2v) is 8.87. The Morgan fingerprint density at radius 3 is 2.64 bits per heavy atom. The third-order valence-electron chi connectivity index (χ3n) is 5.02. The first-order valence-corrected chi connectivity index (χ1v) is 11.1. The molecule has 12 heteroatoms. The number of hydrogen-bond donors (Lipinski definition) is 1. The molecular formula is C21H19ClFN7O2S. The molecule has 1 amide bonds. The van der Waals surface area contributed by atoms with Crippen molar-refractivity contribution in [1.82, 2.24) is 29.6 Å². The van der Waals surface area contributed by atoms with Crippen LogP contribution in [0.4, 0.5) is 10.1 Å². The van der Waals surface area contributed by atoms with Crippen LogP contribution in [-0.4, -0.2) is 40.7 Å². The molecule has 9 nitrogen and oxygen atoms in total. The standard InChI is InChI=1S/C21H19ClFN7O2S/c1-12-18(20(32)30(28(12)3)15-7-5-4-6-8-15)29-21(25-26-27-29)33-13(2)19(31)24-17-10-9-14(23)11-16(17)22/h4-11,13H,1-3H3,(H,24,31). The first-order chi connectivity index (χ1) is 15.8. The van der Waals surface area contributed by atoms with E-state index in [1.807, 2.05) is 30.3 Å². The number of carbonyl (C=O) groups excluding carboxylic acids is 1. The maximum atomic E-state index is 13.3. The molecule has 0 spiro atoms. The van der Waals surface area contributed by atoms with Crippen LogP contribution < -0.4 is 10.9 Å². The predicted molar refractivity (Wildman–Crippen MR) is 124 cm³/mol. The van der Waals surface area contributed by atoms with Crippen LogP contribution in [0.3, 0.4) is 0 Å². The fourth-order valence-corrected chi connectivity index (χ4v) is 4.24. The third-order valence-corrected chi connectivity index (χ3v) is 6.36. The number of halogens is 2. The molecule has 0 aliphatic carbocycles. The van der Waals surface area contributed by atoms with Crippen molar-refractivity contribution in [3.8, 4) is 11.4 Å². The van der Waals surface area contributed by atoms with E-state index >= 15 is 0 Å². The number of nitrogens with zero attached hydrogens (tertiary/aromatic N) is 6. The summed E-state index contributed by atoms with van der Waals surface area (Å²) in [6, 6.07) is 12.9. The molecule has 1 atom stereocenters. The average Bonchev–Trinajstić information content (AvgIpc) is 3.32. The van der Waals surface area contributed by atoms with Gasteiger partial charge in [-0.2, -0.15) is 4.68 Å². The van der Waals surface area contributed by atoms with Crippen LogP contribution in [0.5, 0.6) is 0 Å². The Bertz CT molecular complexity index is 1380. The topological polar surface area (TPSA) is 99.6 Å². The minimum atomic E-state index is -0.642. The lowest BCUT2D eigenvalue weighted by Gasteiger charge is -2.12. The van der Waals surface area contributed by atoms with Crippen LogP contribution in [0.25, 0.3) is 11.4 Å². The Morgan fingerprint density at radius 2 is 1.94 bits per heavy atom. The molecule has 0 radical (unpaired) electrons. The van der Waals surface area contributed by atoms with Crippen LogP contribution in [0.15, 0.2) is 58.5 Å². The van der Waals surface area contributed by atoms with Gasteiger partial charge in [-0.05, 0) is 54.6 Å². The summed E-state index contributed by atoms with van der Waals surface area (Å²) < 4.78 is 17.8. The van der Waals surface area contributed by atoms with Gasteiger partial charge in [-0.1, -0.05) is 41.6 Å². The van der Waals surface area contributed by atoms with Crippen LogP contribution in [-0.2, 0) is 11.8 Å². The summed E-state index contributed by atoms with van der Waals surface area (Å²) in [5, 5.41) is 14.1. The molecule has 170 valence electrons. The highest BCUT2D eigenvalue weighted by Crippen LogP contribution is 2.27. The van der Waals surface area contributed by atoms with E-state index in [0.29, 0.717) is 17.1 Å². The van der Waals surface area contributed by atoms with Crippen LogP contribution >= 0.6 is 23.4 Å². The number of anilines is 1. The Labute approximate surface area is 197 Å². The zero-order valence-electron chi connectivity index (χ0n) is 17.9. The van der Waals surface area contributed by atoms with Crippen molar-refractivity contribution in [3.63, 3.8) is 0 Å². The fourth-order valence-electron chi connectivity index (χ4n) is 3.23. The van der Waals surface area contributed by atoms with Gasteiger partial charge in [0.1, 0.15) is 5.82 Å². The highest BCUT2D eigenvalue weighted by atomic mass is 35.5. The Hall–Kier alpha value is -3.44. The Balaban J connectivity index is 1.61. The second-order valence-electron chi connectivity index (χ2n) is 7.16. The van der Waals surface area contributed by atoms with Gasteiger partial charge in [-0.25, -0.2) is 9.07 Å². The number of thioether (sulfide) groups is 1. The zero-order chi connectivity index (χ0) is 23.7. The first-order valence-electron chi connectivity index (χ1n) is 9.83. The van der Waals surface area contributed by atoms with E-state index in [-0.39, 0.29) is 27.3 Å². The summed E-state index contributed by atoms with van der Waals surface area (Å²) in [6.45, 7) is 3.45. The lowest BCUT2D eigenvalue weighted by molar-refractivity contribution is -0.115. The quantitative estimate of drug-likeness (QED) is 0.418. The van der Waals surface area contributed by atoms with Crippen LogP contribution in [0.1, 0.15) is 12.6 Å². The predicted octanol–water partition coefficient (Wildman–Crippen LogP) is 3.37. The van der Waals surface area contributed by atoms with Crippen molar-refractivity contribution in [2.24, 2.45) is 7.05 Å². The van der Waals surface area contributed by atoms with Gasteiger partial charge in [0.05, 0.1) is 27.3 Å². The number of amides is 1. The monoisotopic (exact) mass is 487 g/mol. The van der Waals surface area contributed by atoms with Gasteiger partial charge in [0, 0.05) is 7.05 Å². The molecule has 2 aromatic carbocycles. The molecule has 0 saturated carbocycles. The Kier molecular flexibility index (Phi) is 6.34. The van der Waals surface area contributed by atoms with E-state index in [0.717, 1.165) is 17.8 Å². The summed E-state index contributed by atoms with van der Waals surface area (Å²) in [6.07, 6.45) is 0. The van der Waals surface area contributed by atoms with Gasteiger partial charge >= 0.3 is 0 Å². The van der Waals surface area contributed by atoms with Crippen LogP contribution in [0, 0.1) is 12.7 Å². The van der Waals surface area contributed by atoms with Crippen molar-refractivity contribution in [2.45, 2.75) is 24.3 Å². The first kappa shape index (κ1) is 22.7. The molecule has 0 fully saturated rings. The summed E-state index contributed by atoms with van der Waals surface area (Å²) in [7, 11) is 1.77. The van der Waals surface area contributed by atoms with Crippen molar-refractivity contribution in [1.29, 1.82) is 0 Å². The molecule has 2 heterocycles. The van der Waals surface area contributed by atoms with E-state index < -0.39 is 11.1 Å². The maximum Gasteiger partial charge on any atom is 0.297 e. The van der Waals surface area contributed by atoms with Crippen molar-refractivity contribution in [3.05, 3.63) is 75.4 Å². The lowest BCUT2D eigenvalue weighted by atomic mass is 10.3. The number of rotatable bonds is 6. The lowest BCUT2D eigenvalue weighted by Crippen LogP contribution is -2.24. The van der Waals surface area contributed by atoms with Gasteiger partial charge in [0.15, 0.2) is 5.69 Å². The highest BCUT2D eigenvalue weighted by Gasteiger charge is 2.25. The van der Waals surface area contributed by atoms with Gasteiger partial charge < -0.3 is 5.32 Å². The zero-order valence-corrected chi connectivity index (χ0v) is 19.4. The highest BCUT2D eigenvalue weighted by molar-refractivity contribution is 8.00. The minimum absolute atomic E-state index is 0.0896. The van der Waals surface area contributed by atoms with E-state index in [2.05, 4.69) is 20.8 Å². The number of para-hydroxylation sites is 1. The number of nitrogens with one attached hydrogen (secondary N) is 1. The molecule has 4 aromatic rings. The third kappa shape index (κ3) is 4.41. The molecule has 0 bridgehead atoms. The normalized spacial score (nSPS) is 12.0. The molecule has 0 aliphatic rings. The van der Waals surface area contributed by atoms with E-state index in [1.54, 1.807) is 25.6 Å².